The normalized spacial score (nSPS) is 18.8. The summed E-state index contributed by atoms with van der Waals surface area (Å²) in [5, 5.41) is 12.9. The molecule has 158 valence electrons. The molecule has 1 aliphatic rings. The zero-order valence-corrected chi connectivity index (χ0v) is 18.3. The van der Waals surface area contributed by atoms with Gasteiger partial charge in [-0.25, -0.2) is 4.79 Å². The Hall–Kier alpha value is -2.93. The second-order valence-electron chi connectivity index (χ2n) is 7.60. The van der Waals surface area contributed by atoms with E-state index in [1.54, 1.807) is 0 Å². The van der Waals surface area contributed by atoms with Crippen molar-refractivity contribution in [1.29, 1.82) is 0 Å². The molecule has 1 aromatic heterocycles. The van der Waals surface area contributed by atoms with Crippen LogP contribution in [0.2, 0.25) is 0 Å². The number of aliphatic carboxylic acids is 1. The number of hydrogen-bond donors (Lipinski definition) is 2. The molecule has 1 aromatic carbocycles. The van der Waals surface area contributed by atoms with Crippen molar-refractivity contribution in [2.45, 2.75) is 33.6 Å². The Morgan fingerprint density at radius 2 is 1.63 bits per heavy atom. The summed E-state index contributed by atoms with van der Waals surface area (Å²) in [5.41, 5.74) is 3.91. The summed E-state index contributed by atoms with van der Waals surface area (Å²) in [6.45, 7) is 5.71. The zero-order chi connectivity index (χ0) is 22.0. The van der Waals surface area contributed by atoms with Crippen molar-refractivity contribution in [2.75, 3.05) is 12.4 Å². The Labute approximate surface area is 179 Å². The summed E-state index contributed by atoms with van der Waals surface area (Å²) >= 11 is 1.29. The number of aryl methyl sites for hydroxylation is 1. The Balaban J connectivity index is 1.99. The Kier molecular flexibility index (Phi) is 6.41. The van der Waals surface area contributed by atoms with Crippen LogP contribution in [0.3, 0.4) is 0 Å². The van der Waals surface area contributed by atoms with Crippen LogP contribution in [0, 0.1) is 18.8 Å². The average molecular weight is 428 g/mol. The standard InChI is InChI=1S/C23H25NO5S/c1-12-10-16(17(22(26)27)11-13(12)2)20(25)24-21-19(23(28)29-4)18(14(3)30-21)15-8-6-5-7-9-15/h5-9,16-17H,10-11H2,1-4H3,(H,24,25)(H,26,27)/t16-,17+/m0/s1. The largest absolute Gasteiger partial charge is 0.481 e. The molecule has 0 spiro atoms. The van der Waals surface area contributed by atoms with Gasteiger partial charge < -0.3 is 15.2 Å². The third-order valence-electron chi connectivity index (χ3n) is 5.69. The van der Waals surface area contributed by atoms with E-state index in [9.17, 15) is 19.5 Å². The molecule has 7 heteroatoms. The fraction of sp³-hybridized carbons (Fsp3) is 0.348. The summed E-state index contributed by atoms with van der Waals surface area (Å²) in [4.78, 5) is 38.3. The van der Waals surface area contributed by atoms with E-state index in [1.807, 2.05) is 51.1 Å². The van der Waals surface area contributed by atoms with E-state index < -0.39 is 23.8 Å². The fourth-order valence-corrected chi connectivity index (χ4v) is 4.98. The third kappa shape index (κ3) is 4.16. The van der Waals surface area contributed by atoms with Crippen LogP contribution in [0.4, 0.5) is 5.00 Å². The molecule has 2 N–H and O–H groups in total. The number of carbonyl (C=O) groups is 3. The molecule has 1 heterocycles. The number of benzene rings is 1. The minimum absolute atomic E-state index is 0.297. The van der Waals surface area contributed by atoms with E-state index in [4.69, 9.17) is 4.74 Å². The van der Waals surface area contributed by atoms with Gasteiger partial charge in [-0.05, 0) is 39.2 Å². The third-order valence-corrected chi connectivity index (χ3v) is 6.71. The van der Waals surface area contributed by atoms with Gasteiger partial charge in [-0.3, -0.25) is 9.59 Å². The predicted octanol–water partition coefficient (Wildman–Crippen LogP) is 4.90. The van der Waals surface area contributed by atoms with Crippen molar-refractivity contribution in [3.8, 4) is 11.1 Å². The zero-order valence-electron chi connectivity index (χ0n) is 17.4. The molecule has 3 rings (SSSR count). The Bertz CT molecular complexity index is 1020. The lowest BCUT2D eigenvalue weighted by atomic mass is 9.76. The van der Waals surface area contributed by atoms with Crippen LogP contribution in [0.1, 0.15) is 41.9 Å². The van der Waals surface area contributed by atoms with Crippen LogP contribution in [0.15, 0.2) is 41.5 Å². The SMILES string of the molecule is COC(=O)c1c(NC(=O)[C@H]2CC(C)=C(C)C[C@H]2C(=O)O)sc(C)c1-c1ccccc1. The van der Waals surface area contributed by atoms with Crippen molar-refractivity contribution in [2.24, 2.45) is 11.8 Å². The lowest BCUT2D eigenvalue weighted by Crippen LogP contribution is -2.36. The first-order valence-electron chi connectivity index (χ1n) is 9.70. The topological polar surface area (TPSA) is 92.7 Å². The number of esters is 1. The molecule has 0 bridgehead atoms. The van der Waals surface area contributed by atoms with Crippen molar-refractivity contribution in [3.05, 3.63) is 51.9 Å². The highest BCUT2D eigenvalue weighted by molar-refractivity contribution is 7.17. The number of hydrogen-bond acceptors (Lipinski definition) is 5. The minimum Gasteiger partial charge on any atom is -0.481 e. The summed E-state index contributed by atoms with van der Waals surface area (Å²) in [6.07, 6.45) is 0.736. The Morgan fingerprint density at radius 3 is 2.20 bits per heavy atom. The molecule has 30 heavy (non-hydrogen) atoms. The number of anilines is 1. The first-order valence-corrected chi connectivity index (χ1v) is 10.5. The molecule has 2 atom stereocenters. The highest BCUT2D eigenvalue weighted by Gasteiger charge is 2.38. The van der Waals surface area contributed by atoms with Crippen molar-refractivity contribution in [1.82, 2.24) is 0 Å². The van der Waals surface area contributed by atoms with Gasteiger partial charge in [0.25, 0.3) is 0 Å². The monoisotopic (exact) mass is 427 g/mol. The summed E-state index contributed by atoms with van der Waals surface area (Å²) < 4.78 is 4.98. The molecule has 1 amide bonds. The number of rotatable bonds is 5. The smallest absolute Gasteiger partial charge is 0.341 e. The quantitative estimate of drug-likeness (QED) is 0.523. The molecular weight excluding hydrogens is 402 g/mol. The molecule has 0 saturated heterocycles. The molecule has 1 aliphatic carbocycles. The Morgan fingerprint density at radius 1 is 1.03 bits per heavy atom. The number of methoxy groups -OCH3 is 1. The van der Waals surface area contributed by atoms with Crippen LogP contribution in [-0.4, -0.2) is 30.1 Å². The highest BCUT2D eigenvalue weighted by atomic mass is 32.1. The fourth-order valence-electron chi connectivity index (χ4n) is 3.91. The molecule has 0 unspecified atom stereocenters. The van der Waals surface area contributed by atoms with Gasteiger partial charge >= 0.3 is 11.9 Å². The molecule has 0 saturated carbocycles. The van der Waals surface area contributed by atoms with E-state index in [0.717, 1.165) is 21.6 Å². The molecular formula is C23H25NO5S. The first-order chi connectivity index (χ1) is 14.2. The second-order valence-corrected chi connectivity index (χ2v) is 8.83. The van der Waals surface area contributed by atoms with E-state index >= 15 is 0 Å². The van der Waals surface area contributed by atoms with Crippen molar-refractivity contribution in [3.63, 3.8) is 0 Å². The predicted molar refractivity (Wildman–Crippen MR) is 117 cm³/mol. The maximum absolute atomic E-state index is 13.1. The van der Waals surface area contributed by atoms with Gasteiger partial charge in [0.2, 0.25) is 5.91 Å². The number of ether oxygens (including phenoxy) is 1. The lowest BCUT2D eigenvalue weighted by Gasteiger charge is -2.29. The summed E-state index contributed by atoms with van der Waals surface area (Å²) in [5.74, 6) is -3.40. The van der Waals surface area contributed by atoms with Gasteiger partial charge in [0.05, 0.1) is 18.9 Å². The second kappa shape index (κ2) is 8.83. The number of amides is 1. The molecule has 6 nitrogen and oxygen atoms in total. The van der Waals surface area contributed by atoms with Gasteiger partial charge in [-0.2, -0.15) is 0 Å². The molecule has 2 aromatic rings. The van der Waals surface area contributed by atoms with Gasteiger partial charge in [0.1, 0.15) is 10.6 Å². The maximum atomic E-state index is 13.1. The lowest BCUT2D eigenvalue weighted by molar-refractivity contribution is -0.146. The van der Waals surface area contributed by atoms with Gasteiger partial charge in [0, 0.05) is 10.4 Å². The minimum atomic E-state index is -0.984. The maximum Gasteiger partial charge on any atom is 0.341 e. The van der Waals surface area contributed by atoms with E-state index in [0.29, 0.717) is 29.0 Å². The number of allylic oxidation sites excluding steroid dienone is 2. The summed E-state index contributed by atoms with van der Waals surface area (Å²) in [7, 11) is 1.30. The van der Waals surface area contributed by atoms with Crippen LogP contribution < -0.4 is 5.32 Å². The van der Waals surface area contributed by atoms with E-state index in [2.05, 4.69) is 5.32 Å². The average Bonchev–Trinajstić information content (AvgIpc) is 3.04. The summed E-state index contributed by atoms with van der Waals surface area (Å²) in [6, 6.07) is 9.43. The number of nitrogens with one attached hydrogen (secondary N) is 1. The van der Waals surface area contributed by atoms with Gasteiger partial charge in [-0.15, -0.1) is 11.3 Å². The van der Waals surface area contributed by atoms with Crippen LogP contribution in [0.25, 0.3) is 11.1 Å². The van der Waals surface area contributed by atoms with Crippen molar-refractivity contribution < 1.29 is 24.2 Å². The van der Waals surface area contributed by atoms with Gasteiger partial charge in [0.15, 0.2) is 0 Å². The number of thiophene rings is 1. The van der Waals surface area contributed by atoms with Gasteiger partial charge in [-0.1, -0.05) is 41.5 Å². The first kappa shape index (κ1) is 21.8. The van der Waals surface area contributed by atoms with Crippen LogP contribution in [-0.2, 0) is 14.3 Å². The van der Waals surface area contributed by atoms with E-state index in [-0.39, 0.29) is 5.91 Å². The van der Waals surface area contributed by atoms with Crippen LogP contribution >= 0.6 is 11.3 Å². The molecule has 0 fully saturated rings. The number of carbonyl (C=O) groups excluding carboxylic acids is 2. The molecule has 0 aliphatic heterocycles. The van der Waals surface area contributed by atoms with Crippen molar-refractivity contribution >= 4 is 34.2 Å². The number of carboxylic acids is 1. The molecule has 0 radical (unpaired) electrons. The van der Waals surface area contributed by atoms with Crippen LogP contribution in [0.5, 0.6) is 0 Å². The highest BCUT2D eigenvalue weighted by Crippen LogP contribution is 2.41. The number of carboxylic acid groups (broad SMARTS) is 1. The van der Waals surface area contributed by atoms with E-state index in [1.165, 1.54) is 18.4 Å².